The quantitative estimate of drug-likeness (QED) is 0.239. The van der Waals surface area contributed by atoms with Gasteiger partial charge in [0.25, 0.3) is 0 Å². The van der Waals surface area contributed by atoms with E-state index in [2.05, 4.69) is 26.2 Å². The van der Waals surface area contributed by atoms with Crippen LogP contribution in [-0.2, 0) is 28.5 Å². The first-order chi connectivity index (χ1) is 17.6. The Hall–Kier alpha value is -2.70. The van der Waals surface area contributed by atoms with Gasteiger partial charge in [-0.15, -0.1) is 0 Å². The number of epoxide rings is 1. The van der Waals surface area contributed by atoms with Gasteiger partial charge in [-0.1, -0.05) is 55.1 Å². The Bertz CT molecular complexity index is 996. The Morgan fingerprint density at radius 2 is 1.86 bits per heavy atom. The fourth-order valence-electron chi connectivity index (χ4n) is 4.98. The van der Waals surface area contributed by atoms with E-state index in [4.69, 9.17) is 18.9 Å². The molecule has 37 heavy (non-hydrogen) atoms. The molecule has 1 aromatic rings. The predicted octanol–water partition coefficient (Wildman–Crippen LogP) is 6.43. The largest absolute Gasteiger partial charge is 0.461 e. The lowest BCUT2D eigenvalue weighted by Gasteiger charge is -2.25. The molecule has 1 aliphatic carbocycles. The predicted molar refractivity (Wildman–Crippen MR) is 144 cm³/mol. The number of carbonyl (C=O) groups is 2. The van der Waals surface area contributed by atoms with Crippen LogP contribution in [0.25, 0.3) is 0 Å². The fraction of sp³-hybridized carbons (Fsp3) is 0.548. The average Bonchev–Trinajstić information content (AvgIpc) is 3.52. The van der Waals surface area contributed by atoms with Crippen molar-refractivity contribution < 1.29 is 28.5 Å². The summed E-state index contributed by atoms with van der Waals surface area (Å²) in [5.74, 6) is -0.431. The highest BCUT2D eigenvalue weighted by atomic mass is 16.6. The number of rotatable bonds is 7. The first-order valence-corrected chi connectivity index (χ1v) is 13.2. The molecule has 0 unspecified atom stereocenters. The van der Waals surface area contributed by atoms with E-state index in [1.165, 1.54) is 14.0 Å². The fourth-order valence-corrected chi connectivity index (χ4v) is 4.98. The van der Waals surface area contributed by atoms with Crippen LogP contribution < -0.4 is 0 Å². The number of fused-ring (bicyclic) bond motifs is 1. The number of benzene rings is 1. The van der Waals surface area contributed by atoms with Gasteiger partial charge in [0.15, 0.2) is 6.10 Å². The van der Waals surface area contributed by atoms with Crippen LogP contribution in [0.1, 0.15) is 77.4 Å². The molecule has 1 fully saturated rings. The standard InChI is InChI=1S/C31H42O6/c1-21(2)25-15-12-22(3)27(36-30(33)29(34-6)26-10-8-7-9-11-26)18-19-31(5)28(37-31)17-14-24(13-16-25)20-35-23(4)32/h7-11,13,25,27-29H,1,3,12,14-20H2,2,4-6H3/b24-13+/t25-,27+,28+,29-,31+/m0/s1. The highest BCUT2D eigenvalue weighted by Crippen LogP contribution is 2.44. The zero-order valence-corrected chi connectivity index (χ0v) is 22.8. The topological polar surface area (TPSA) is 74.4 Å². The third kappa shape index (κ3) is 8.41. The zero-order valence-electron chi connectivity index (χ0n) is 22.8. The van der Waals surface area contributed by atoms with E-state index in [0.717, 1.165) is 54.4 Å². The summed E-state index contributed by atoms with van der Waals surface area (Å²) in [6, 6.07) is 9.39. The van der Waals surface area contributed by atoms with Crippen molar-refractivity contribution in [2.24, 2.45) is 5.92 Å². The van der Waals surface area contributed by atoms with Crippen LogP contribution in [0.4, 0.5) is 0 Å². The van der Waals surface area contributed by atoms with Crippen molar-refractivity contribution in [3.8, 4) is 0 Å². The third-order valence-corrected chi connectivity index (χ3v) is 7.59. The number of allylic oxidation sites excluding steroid dienone is 2. The lowest BCUT2D eigenvalue weighted by molar-refractivity contribution is -0.160. The Morgan fingerprint density at radius 1 is 1.14 bits per heavy atom. The van der Waals surface area contributed by atoms with Crippen molar-refractivity contribution in [2.45, 2.75) is 89.6 Å². The summed E-state index contributed by atoms with van der Waals surface area (Å²) in [5, 5.41) is 0. The normalized spacial score (nSPS) is 29.0. The summed E-state index contributed by atoms with van der Waals surface area (Å²) < 4.78 is 23.0. The van der Waals surface area contributed by atoms with Crippen LogP contribution >= 0.6 is 0 Å². The molecule has 0 bridgehead atoms. The number of methoxy groups -OCH3 is 1. The van der Waals surface area contributed by atoms with Gasteiger partial charge in [0.2, 0.25) is 0 Å². The van der Waals surface area contributed by atoms with Gasteiger partial charge in [-0.2, -0.15) is 0 Å². The Morgan fingerprint density at radius 3 is 2.51 bits per heavy atom. The van der Waals surface area contributed by atoms with Gasteiger partial charge in [0.1, 0.15) is 12.7 Å². The van der Waals surface area contributed by atoms with Crippen molar-refractivity contribution in [1.82, 2.24) is 0 Å². The van der Waals surface area contributed by atoms with E-state index >= 15 is 0 Å². The minimum Gasteiger partial charge on any atom is -0.461 e. The Kier molecular flexibility index (Phi) is 10.3. The highest BCUT2D eigenvalue weighted by Gasteiger charge is 2.51. The van der Waals surface area contributed by atoms with Gasteiger partial charge in [0.05, 0.1) is 11.7 Å². The number of ether oxygens (including phenoxy) is 4. The molecule has 1 heterocycles. The van der Waals surface area contributed by atoms with E-state index in [1.54, 1.807) is 0 Å². The molecule has 0 amide bonds. The Labute approximate surface area is 221 Å². The lowest BCUT2D eigenvalue weighted by atomic mass is 9.87. The van der Waals surface area contributed by atoms with E-state index < -0.39 is 18.2 Å². The summed E-state index contributed by atoms with van der Waals surface area (Å²) >= 11 is 0. The molecule has 1 aliphatic heterocycles. The van der Waals surface area contributed by atoms with Crippen LogP contribution in [0.5, 0.6) is 0 Å². The minimum absolute atomic E-state index is 0.119. The second-order valence-corrected chi connectivity index (χ2v) is 10.6. The number of carbonyl (C=O) groups excluding carboxylic acids is 2. The molecule has 0 N–H and O–H groups in total. The molecule has 0 spiro atoms. The molecule has 6 nitrogen and oxygen atoms in total. The first-order valence-electron chi connectivity index (χ1n) is 13.2. The van der Waals surface area contributed by atoms with Crippen LogP contribution in [-0.4, -0.2) is 43.5 Å². The average molecular weight is 511 g/mol. The molecule has 6 heteroatoms. The summed E-state index contributed by atoms with van der Waals surface area (Å²) in [6.45, 7) is 14.4. The summed E-state index contributed by atoms with van der Waals surface area (Å²) in [7, 11) is 1.52. The minimum atomic E-state index is -0.786. The SMILES string of the molecule is C=C(C)[C@@H]1C/C=C(/COC(C)=O)CC[C@H]2O[C@]2(C)CC[C@@H](OC(=O)[C@@H](OC)c2ccccc2)C(=C)CC1. The molecular weight excluding hydrogens is 468 g/mol. The summed E-state index contributed by atoms with van der Waals surface area (Å²) in [4.78, 5) is 24.6. The van der Waals surface area contributed by atoms with Crippen molar-refractivity contribution in [3.05, 3.63) is 71.8 Å². The molecule has 2 aliphatic rings. The zero-order chi connectivity index (χ0) is 27.0. The molecule has 0 aromatic heterocycles. The first kappa shape index (κ1) is 28.9. The van der Waals surface area contributed by atoms with Crippen LogP contribution in [0.3, 0.4) is 0 Å². The molecule has 5 atom stereocenters. The molecule has 202 valence electrons. The van der Waals surface area contributed by atoms with Gasteiger partial charge in [-0.25, -0.2) is 4.79 Å². The summed E-state index contributed by atoms with van der Waals surface area (Å²) in [6.07, 6.45) is 6.54. The van der Waals surface area contributed by atoms with Crippen LogP contribution in [0.15, 0.2) is 66.3 Å². The van der Waals surface area contributed by atoms with Gasteiger partial charge < -0.3 is 18.9 Å². The van der Waals surface area contributed by atoms with E-state index in [1.807, 2.05) is 37.3 Å². The van der Waals surface area contributed by atoms with Crippen LogP contribution in [0, 0.1) is 5.92 Å². The number of hydrogen-bond donors (Lipinski definition) is 0. The van der Waals surface area contributed by atoms with E-state index in [0.29, 0.717) is 19.4 Å². The monoisotopic (exact) mass is 510 g/mol. The van der Waals surface area contributed by atoms with E-state index in [-0.39, 0.29) is 23.6 Å². The van der Waals surface area contributed by atoms with Crippen molar-refractivity contribution >= 4 is 11.9 Å². The smallest absolute Gasteiger partial charge is 0.340 e. The van der Waals surface area contributed by atoms with Crippen molar-refractivity contribution in [3.63, 3.8) is 0 Å². The third-order valence-electron chi connectivity index (χ3n) is 7.59. The molecule has 0 saturated carbocycles. The number of esters is 2. The van der Waals surface area contributed by atoms with Crippen LogP contribution in [0.2, 0.25) is 0 Å². The molecule has 1 aromatic carbocycles. The van der Waals surface area contributed by atoms with Crippen molar-refractivity contribution in [1.29, 1.82) is 0 Å². The molecular formula is C31H42O6. The van der Waals surface area contributed by atoms with Gasteiger partial charge >= 0.3 is 11.9 Å². The molecule has 0 radical (unpaired) electrons. The molecule has 1 saturated heterocycles. The molecule has 3 rings (SSSR count). The Balaban J connectivity index is 1.76. The van der Waals surface area contributed by atoms with Gasteiger partial charge in [-0.3, -0.25) is 4.79 Å². The van der Waals surface area contributed by atoms with E-state index in [9.17, 15) is 9.59 Å². The maximum Gasteiger partial charge on any atom is 0.340 e. The number of hydrogen-bond acceptors (Lipinski definition) is 6. The van der Waals surface area contributed by atoms with Gasteiger partial charge in [-0.05, 0) is 81.4 Å². The second-order valence-electron chi connectivity index (χ2n) is 10.6. The van der Waals surface area contributed by atoms with Gasteiger partial charge in [0, 0.05) is 14.0 Å². The highest BCUT2D eigenvalue weighted by molar-refractivity contribution is 5.77. The summed E-state index contributed by atoms with van der Waals surface area (Å²) in [5.41, 5.74) is 3.61. The lowest BCUT2D eigenvalue weighted by Crippen LogP contribution is -2.27. The maximum absolute atomic E-state index is 13.2. The maximum atomic E-state index is 13.2. The van der Waals surface area contributed by atoms with Crippen molar-refractivity contribution in [2.75, 3.05) is 13.7 Å². The second kappa shape index (κ2) is 13.2.